The van der Waals surface area contributed by atoms with Gasteiger partial charge in [-0.1, -0.05) is 6.07 Å². The number of ether oxygens (including phenoxy) is 2. The van der Waals surface area contributed by atoms with E-state index in [2.05, 4.69) is 0 Å². The standard InChI is InChI=1S/C14H18FNO2/c1-17-13-3-2-9(6-12(13)15)14(7-18-8-14)10-4-11(16)5-10/h2-3,6,10-11H,4-5,7-8,16H2,1H3. The van der Waals surface area contributed by atoms with Crippen LogP contribution in [0.4, 0.5) is 4.39 Å². The van der Waals surface area contributed by atoms with E-state index >= 15 is 0 Å². The van der Waals surface area contributed by atoms with E-state index in [9.17, 15) is 4.39 Å². The van der Waals surface area contributed by atoms with Crippen molar-refractivity contribution in [3.63, 3.8) is 0 Å². The first-order valence-corrected chi connectivity index (χ1v) is 6.33. The van der Waals surface area contributed by atoms with Gasteiger partial charge in [-0.05, 0) is 36.5 Å². The van der Waals surface area contributed by atoms with Crippen molar-refractivity contribution in [2.24, 2.45) is 11.7 Å². The number of nitrogens with two attached hydrogens (primary N) is 1. The minimum atomic E-state index is -0.301. The summed E-state index contributed by atoms with van der Waals surface area (Å²) in [5.74, 6) is 0.512. The fourth-order valence-electron chi connectivity index (χ4n) is 3.05. The highest BCUT2D eigenvalue weighted by molar-refractivity contribution is 5.36. The maximum atomic E-state index is 13.8. The maximum Gasteiger partial charge on any atom is 0.165 e. The molecule has 2 fully saturated rings. The summed E-state index contributed by atoms with van der Waals surface area (Å²) in [7, 11) is 1.48. The van der Waals surface area contributed by atoms with Crippen LogP contribution in [0.3, 0.4) is 0 Å². The van der Waals surface area contributed by atoms with E-state index in [1.54, 1.807) is 12.1 Å². The number of hydrogen-bond acceptors (Lipinski definition) is 3. The monoisotopic (exact) mass is 251 g/mol. The van der Waals surface area contributed by atoms with Gasteiger partial charge in [0.05, 0.1) is 20.3 Å². The summed E-state index contributed by atoms with van der Waals surface area (Å²) in [6.07, 6.45) is 2.02. The molecule has 0 spiro atoms. The van der Waals surface area contributed by atoms with Gasteiger partial charge in [0.1, 0.15) is 0 Å². The average molecular weight is 251 g/mol. The second-order valence-corrected chi connectivity index (χ2v) is 5.43. The Bertz CT molecular complexity index is 453. The molecule has 1 saturated carbocycles. The SMILES string of the molecule is COc1ccc(C2(C3CC(N)C3)COC2)cc1F. The summed E-state index contributed by atoms with van der Waals surface area (Å²) in [5, 5.41) is 0. The van der Waals surface area contributed by atoms with E-state index < -0.39 is 0 Å². The quantitative estimate of drug-likeness (QED) is 0.891. The van der Waals surface area contributed by atoms with Gasteiger partial charge < -0.3 is 15.2 Å². The van der Waals surface area contributed by atoms with Gasteiger partial charge in [0.25, 0.3) is 0 Å². The molecule has 1 aromatic carbocycles. The van der Waals surface area contributed by atoms with E-state index in [4.69, 9.17) is 15.2 Å². The van der Waals surface area contributed by atoms with Crippen molar-refractivity contribution in [2.45, 2.75) is 24.3 Å². The van der Waals surface area contributed by atoms with E-state index in [0.29, 0.717) is 30.9 Å². The molecule has 0 amide bonds. The van der Waals surface area contributed by atoms with Crippen LogP contribution in [0.2, 0.25) is 0 Å². The lowest BCUT2D eigenvalue weighted by Crippen LogP contribution is -2.58. The molecule has 1 saturated heterocycles. The van der Waals surface area contributed by atoms with E-state index in [1.807, 2.05) is 6.07 Å². The van der Waals surface area contributed by atoms with Gasteiger partial charge in [0, 0.05) is 11.5 Å². The number of hydrogen-bond donors (Lipinski definition) is 1. The number of methoxy groups -OCH3 is 1. The Labute approximate surface area is 106 Å². The largest absolute Gasteiger partial charge is 0.494 e. The molecule has 1 aliphatic heterocycles. The fourth-order valence-corrected chi connectivity index (χ4v) is 3.05. The maximum absolute atomic E-state index is 13.8. The second kappa shape index (κ2) is 4.21. The molecular weight excluding hydrogens is 233 g/mol. The summed E-state index contributed by atoms with van der Waals surface area (Å²) in [5.41, 5.74) is 6.86. The zero-order valence-electron chi connectivity index (χ0n) is 10.5. The zero-order valence-corrected chi connectivity index (χ0v) is 10.5. The summed E-state index contributed by atoms with van der Waals surface area (Å²) in [4.78, 5) is 0. The highest BCUT2D eigenvalue weighted by Gasteiger charge is 2.51. The van der Waals surface area contributed by atoms with E-state index in [0.717, 1.165) is 18.4 Å². The van der Waals surface area contributed by atoms with Gasteiger partial charge in [-0.2, -0.15) is 0 Å². The van der Waals surface area contributed by atoms with Gasteiger partial charge >= 0.3 is 0 Å². The number of rotatable bonds is 3. The molecule has 1 heterocycles. The molecule has 0 atom stereocenters. The lowest BCUT2D eigenvalue weighted by Gasteiger charge is -2.53. The summed E-state index contributed by atoms with van der Waals surface area (Å²) in [6, 6.07) is 5.54. The summed E-state index contributed by atoms with van der Waals surface area (Å²) in [6.45, 7) is 1.35. The van der Waals surface area contributed by atoms with Crippen LogP contribution in [-0.4, -0.2) is 26.4 Å². The van der Waals surface area contributed by atoms with Crippen LogP contribution in [0, 0.1) is 11.7 Å². The molecule has 2 aliphatic rings. The van der Waals surface area contributed by atoms with Gasteiger partial charge in [-0.15, -0.1) is 0 Å². The van der Waals surface area contributed by atoms with Crippen LogP contribution in [0.1, 0.15) is 18.4 Å². The molecule has 2 N–H and O–H groups in total. The third-order valence-corrected chi connectivity index (χ3v) is 4.40. The predicted octanol–water partition coefficient (Wildman–Crippen LogP) is 1.84. The van der Waals surface area contributed by atoms with E-state index in [-0.39, 0.29) is 11.2 Å². The molecule has 0 radical (unpaired) electrons. The first-order valence-electron chi connectivity index (χ1n) is 6.33. The Morgan fingerprint density at radius 1 is 1.39 bits per heavy atom. The normalized spacial score (nSPS) is 29.3. The summed E-state index contributed by atoms with van der Waals surface area (Å²) >= 11 is 0. The van der Waals surface area contributed by atoms with E-state index in [1.165, 1.54) is 7.11 Å². The van der Waals surface area contributed by atoms with Crippen molar-refractivity contribution < 1.29 is 13.9 Å². The fraction of sp³-hybridized carbons (Fsp3) is 0.571. The Balaban J connectivity index is 1.90. The first kappa shape index (κ1) is 11.9. The van der Waals surface area contributed by atoms with Crippen molar-refractivity contribution in [1.82, 2.24) is 0 Å². The van der Waals surface area contributed by atoms with Crippen molar-refractivity contribution in [1.29, 1.82) is 0 Å². The van der Waals surface area contributed by atoms with Crippen molar-refractivity contribution in [3.05, 3.63) is 29.6 Å². The smallest absolute Gasteiger partial charge is 0.165 e. The van der Waals surface area contributed by atoms with Crippen molar-refractivity contribution in [3.8, 4) is 5.75 Å². The Morgan fingerprint density at radius 3 is 2.56 bits per heavy atom. The first-order chi connectivity index (χ1) is 8.65. The third-order valence-electron chi connectivity index (χ3n) is 4.40. The molecule has 1 aliphatic carbocycles. The minimum Gasteiger partial charge on any atom is -0.494 e. The van der Waals surface area contributed by atoms with Crippen LogP contribution in [0.25, 0.3) is 0 Å². The van der Waals surface area contributed by atoms with Crippen LogP contribution in [0.15, 0.2) is 18.2 Å². The van der Waals surface area contributed by atoms with Gasteiger partial charge in [0.2, 0.25) is 0 Å². The van der Waals surface area contributed by atoms with Crippen LogP contribution in [-0.2, 0) is 10.2 Å². The van der Waals surface area contributed by atoms with Crippen LogP contribution in [0.5, 0.6) is 5.75 Å². The molecule has 4 heteroatoms. The third kappa shape index (κ3) is 1.63. The number of benzene rings is 1. The molecule has 0 aromatic heterocycles. The Kier molecular flexibility index (Phi) is 2.79. The summed E-state index contributed by atoms with van der Waals surface area (Å²) < 4.78 is 24.2. The second-order valence-electron chi connectivity index (χ2n) is 5.43. The lowest BCUT2D eigenvalue weighted by atomic mass is 9.59. The average Bonchev–Trinajstić information content (AvgIpc) is 2.25. The van der Waals surface area contributed by atoms with Crippen molar-refractivity contribution in [2.75, 3.05) is 20.3 Å². The topological polar surface area (TPSA) is 44.5 Å². The molecule has 0 unspecified atom stereocenters. The molecule has 3 rings (SSSR count). The molecule has 0 bridgehead atoms. The van der Waals surface area contributed by atoms with Gasteiger partial charge in [0.15, 0.2) is 11.6 Å². The molecule has 18 heavy (non-hydrogen) atoms. The Morgan fingerprint density at radius 2 is 2.11 bits per heavy atom. The van der Waals surface area contributed by atoms with Gasteiger partial charge in [-0.3, -0.25) is 0 Å². The molecule has 1 aromatic rings. The van der Waals surface area contributed by atoms with Crippen LogP contribution < -0.4 is 10.5 Å². The van der Waals surface area contributed by atoms with Crippen molar-refractivity contribution >= 4 is 0 Å². The lowest BCUT2D eigenvalue weighted by molar-refractivity contribution is -0.111. The van der Waals surface area contributed by atoms with Crippen LogP contribution >= 0.6 is 0 Å². The number of halogens is 1. The Hall–Kier alpha value is -1.13. The molecule has 3 nitrogen and oxygen atoms in total. The molecular formula is C14H18FNO2. The predicted molar refractivity (Wildman–Crippen MR) is 66.1 cm³/mol. The zero-order chi connectivity index (χ0) is 12.8. The minimum absolute atomic E-state index is 0.0248. The highest BCUT2D eigenvalue weighted by atomic mass is 19.1. The highest BCUT2D eigenvalue weighted by Crippen LogP contribution is 2.48. The van der Waals surface area contributed by atoms with Gasteiger partial charge in [-0.25, -0.2) is 4.39 Å². The molecule has 98 valence electrons.